The Balaban J connectivity index is 2.17. The van der Waals surface area contributed by atoms with Crippen LogP contribution < -0.4 is 9.47 Å². The van der Waals surface area contributed by atoms with Gasteiger partial charge in [0.15, 0.2) is 15.6 Å². The van der Waals surface area contributed by atoms with E-state index in [9.17, 15) is 21.9 Å². The third-order valence-corrected chi connectivity index (χ3v) is 8.62. The van der Waals surface area contributed by atoms with E-state index in [0.717, 1.165) is 0 Å². The van der Waals surface area contributed by atoms with E-state index in [4.69, 9.17) is 44.3 Å². The first-order valence-corrected chi connectivity index (χ1v) is 14.1. The van der Waals surface area contributed by atoms with Crippen molar-refractivity contribution in [1.82, 2.24) is 0 Å². The highest BCUT2D eigenvalue weighted by Gasteiger charge is 2.23. The van der Waals surface area contributed by atoms with E-state index in [-0.39, 0.29) is 37.9 Å². The highest BCUT2D eigenvalue weighted by molar-refractivity contribution is 7.91. The first-order chi connectivity index (χ1) is 15.0. The second-order valence-electron chi connectivity index (χ2n) is 6.75. The molecular weight excluding hydrogens is 523 g/mol. The minimum absolute atomic E-state index is 0.0168. The molecule has 0 amide bonds. The van der Waals surface area contributed by atoms with Crippen LogP contribution in [0.2, 0.25) is 10.0 Å². The van der Waals surface area contributed by atoms with Crippen LogP contribution in [0.3, 0.4) is 0 Å². The number of aliphatic hydroxyl groups excluding tert-OH is 1. The SMILES string of the molecule is CCS(=O)(=O)CC(O)COc1c(Cl)cc(S(=O)(=O)c2ccc(OCCCCl)cc2)cc1Cl. The Morgan fingerprint density at radius 2 is 1.56 bits per heavy atom. The van der Waals surface area contributed by atoms with Crippen molar-refractivity contribution in [3.63, 3.8) is 0 Å². The van der Waals surface area contributed by atoms with Crippen LogP contribution >= 0.6 is 34.8 Å². The molecule has 32 heavy (non-hydrogen) atoms. The summed E-state index contributed by atoms with van der Waals surface area (Å²) in [5.74, 6) is 0.334. The Labute approximate surface area is 203 Å². The van der Waals surface area contributed by atoms with Crippen molar-refractivity contribution in [2.45, 2.75) is 29.2 Å². The fraction of sp³-hybridized carbons (Fsp3) is 0.400. The topological polar surface area (TPSA) is 107 Å². The smallest absolute Gasteiger partial charge is 0.206 e. The standard InChI is InChI=1S/C20H23Cl3O7S2/c1-2-31(25,26)13-14(24)12-30-20-18(22)10-17(11-19(20)23)32(27,28)16-6-4-15(5-7-16)29-9-3-8-21/h4-7,10-11,14,24H,2-3,8-9,12-13H2,1H3. The zero-order valence-corrected chi connectivity index (χ0v) is 21.0. The van der Waals surface area contributed by atoms with Crippen LogP contribution in [0.25, 0.3) is 0 Å². The fourth-order valence-electron chi connectivity index (χ4n) is 2.56. The van der Waals surface area contributed by atoms with E-state index in [1.807, 2.05) is 0 Å². The Hall–Kier alpha value is -1.23. The lowest BCUT2D eigenvalue weighted by atomic mass is 10.3. The summed E-state index contributed by atoms with van der Waals surface area (Å²) in [5.41, 5.74) is 0. The lowest BCUT2D eigenvalue weighted by Gasteiger charge is -2.15. The number of sulfone groups is 2. The fourth-order valence-corrected chi connectivity index (χ4v) is 5.63. The summed E-state index contributed by atoms with van der Waals surface area (Å²) in [6.07, 6.45) is -0.626. The zero-order chi connectivity index (χ0) is 23.9. The van der Waals surface area contributed by atoms with Crippen LogP contribution in [-0.4, -0.2) is 58.6 Å². The van der Waals surface area contributed by atoms with Crippen molar-refractivity contribution in [3.05, 3.63) is 46.4 Å². The number of hydrogen-bond acceptors (Lipinski definition) is 7. The van der Waals surface area contributed by atoms with E-state index < -0.39 is 31.5 Å². The van der Waals surface area contributed by atoms with Crippen LogP contribution in [0.15, 0.2) is 46.2 Å². The largest absolute Gasteiger partial charge is 0.494 e. The van der Waals surface area contributed by atoms with E-state index in [2.05, 4.69) is 0 Å². The van der Waals surface area contributed by atoms with Crippen molar-refractivity contribution in [2.24, 2.45) is 0 Å². The van der Waals surface area contributed by atoms with E-state index >= 15 is 0 Å². The second-order valence-corrected chi connectivity index (χ2v) is 12.3. The maximum atomic E-state index is 13.0. The van der Waals surface area contributed by atoms with Crippen molar-refractivity contribution >= 4 is 54.5 Å². The van der Waals surface area contributed by atoms with Gasteiger partial charge < -0.3 is 14.6 Å². The van der Waals surface area contributed by atoms with Gasteiger partial charge in [-0.1, -0.05) is 30.1 Å². The molecule has 2 aromatic carbocycles. The summed E-state index contributed by atoms with van der Waals surface area (Å²) >= 11 is 17.9. The Bertz CT molecular complexity index is 1100. The molecule has 0 saturated heterocycles. The summed E-state index contributed by atoms with van der Waals surface area (Å²) in [7, 11) is -7.33. The van der Waals surface area contributed by atoms with Gasteiger partial charge in [-0.3, -0.25) is 0 Å². The Morgan fingerprint density at radius 3 is 2.09 bits per heavy atom. The molecule has 178 valence electrons. The summed E-state index contributed by atoms with van der Waals surface area (Å²) in [6.45, 7) is 1.51. The second kappa shape index (κ2) is 11.8. The van der Waals surface area contributed by atoms with Crippen LogP contribution in [-0.2, 0) is 19.7 Å². The highest BCUT2D eigenvalue weighted by atomic mass is 35.5. The number of aliphatic hydroxyl groups is 1. The molecule has 0 saturated carbocycles. The molecule has 0 radical (unpaired) electrons. The molecule has 0 aromatic heterocycles. The molecule has 1 atom stereocenters. The quantitative estimate of drug-likeness (QED) is 0.317. The van der Waals surface area contributed by atoms with Gasteiger partial charge in [-0.2, -0.15) is 0 Å². The predicted octanol–water partition coefficient (Wildman–Crippen LogP) is 4.01. The molecule has 0 bridgehead atoms. The first-order valence-electron chi connectivity index (χ1n) is 9.54. The molecule has 1 unspecified atom stereocenters. The maximum Gasteiger partial charge on any atom is 0.206 e. The molecule has 0 spiro atoms. The molecule has 12 heteroatoms. The average molecular weight is 546 g/mol. The third-order valence-electron chi connectivity index (χ3n) is 4.27. The highest BCUT2D eigenvalue weighted by Crippen LogP contribution is 2.37. The summed E-state index contributed by atoms with van der Waals surface area (Å²) in [4.78, 5) is -0.132. The van der Waals surface area contributed by atoms with Gasteiger partial charge in [-0.05, 0) is 42.8 Å². The molecule has 0 aliphatic heterocycles. The molecule has 0 heterocycles. The average Bonchev–Trinajstić information content (AvgIpc) is 2.73. The molecule has 0 aliphatic carbocycles. The van der Waals surface area contributed by atoms with Crippen molar-refractivity contribution < 1.29 is 31.4 Å². The Morgan fingerprint density at radius 1 is 0.969 bits per heavy atom. The van der Waals surface area contributed by atoms with Gasteiger partial charge in [-0.25, -0.2) is 16.8 Å². The normalized spacial score (nSPS) is 13.0. The minimum atomic E-state index is -3.93. The molecule has 2 aromatic rings. The van der Waals surface area contributed by atoms with Gasteiger partial charge in [0.05, 0.1) is 32.2 Å². The predicted molar refractivity (Wildman–Crippen MR) is 125 cm³/mol. The molecule has 2 rings (SSSR count). The van der Waals surface area contributed by atoms with Gasteiger partial charge in [0.25, 0.3) is 0 Å². The van der Waals surface area contributed by atoms with E-state index in [1.165, 1.54) is 43.3 Å². The summed E-state index contributed by atoms with van der Waals surface area (Å²) in [5, 5.41) is 9.69. The van der Waals surface area contributed by atoms with Gasteiger partial charge in [0, 0.05) is 11.6 Å². The van der Waals surface area contributed by atoms with Crippen molar-refractivity contribution in [3.8, 4) is 11.5 Å². The zero-order valence-electron chi connectivity index (χ0n) is 17.1. The first kappa shape index (κ1) is 27.0. The third kappa shape index (κ3) is 7.40. The van der Waals surface area contributed by atoms with Crippen molar-refractivity contribution in [1.29, 1.82) is 0 Å². The van der Waals surface area contributed by atoms with Crippen molar-refractivity contribution in [2.75, 3.05) is 30.6 Å². The monoisotopic (exact) mass is 544 g/mol. The number of ether oxygens (including phenoxy) is 2. The van der Waals surface area contributed by atoms with Gasteiger partial charge in [0.1, 0.15) is 18.5 Å². The van der Waals surface area contributed by atoms with Gasteiger partial charge >= 0.3 is 0 Å². The van der Waals surface area contributed by atoms with Crippen LogP contribution in [0.5, 0.6) is 11.5 Å². The van der Waals surface area contributed by atoms with Gasteiger partial charge in [-0.15, -0.1) is 11.6 Å². The van der Waals surface area contributed by atoms with Crippen LogP contribution in [0, 0.1) is 0 Å². The number of halogens is 3. The molecule has 0 aliphatic rings. The number of rotatable bonds is 12. The van der Waals surface area contributed by atoms with Crippen LogP contribution in [0.1, 0.15) is 13.3 Å². The number of benzene rings is 2. The maximum absolute atomic E-state index is 13.0. The minimum Gasteiger partial charge on any atom is -0.494 e. The lowest BCUT2D eigenvalue weighted by Crippen LogP contribution is -2.28. The summed E-state index contributed by atoms with van der Waals surface area (Å²) < 4.78 is 59.9. The number of hydrogen-bond donors (Lipinski definition) is 1. The van der Waals surface area contributed by atoms with Crippen LogP contribution in [0.4, 0.5) is 0 Å². The molecule has 1 N–H and O–H groups in total. The lowest BCUT2D eigenvalue weighted by molar-refractivity contribution is 0.125. The number of alkyl halides is 1. The van der Waals surface area contributed by atoms with E-state index in [1.54, 1.807) is 0 Å². The van der Waals surface area contributed by atoms with E-state index in [0.29, 0.717) is 24.7 Å². The Kier molecular flexibility index (Phi) is 9.93. The molecule has 7 nitrogen and oxygen atoms in total. The summed E-state index contributed by atoms with van der Waals surface area (Å²) in [6, 6.07) is 8.24. The molecule has 0 fully saturated rings. The molecular formula is C20H23Cl3O7S2. The van der Waals surface area contributed by atoms with Gasteiger partial charge in [0.2, 0.25) is 9.84 Å².